The summed E-state index contributed by atoms with van der Waals surface area (Å²) in [5.41, 5.74) is 18.1. The number of dihydropyridines is 1. The van der Waals surface area contributed by atoms with E-state index in [0.717, 1.165) is 61.5 Å². The zero-order valence-electron chi connectivity index (χ0n) is 27.0. The van der Waals surface area contributed by atoms with E-state index in [0.29, 0.717) is 16.8 Å². The third-order valence-corrected chi connectivity index (χ3v) is 7.82. The largest absolute Gasteiger partial charge is 0.398 e. The van der Waals surface area contributed by atoms with Crippen molar-refractivity contribution in [2.24, 2.45) is 0 Å². The second kappa shape index (κ2) is 17.9. The summed E-state index contributed by atoms with van der Waals surface area (Å²) in [6.07, 6.45) is 19.4. The number of nitrogens with one attached hydrogen (secondary N) is 3. The fourth-order valence-corrected chi connectivity index (χ4v) is 5.08. The van der Waals surface area contributed by atoms with Crippen LogP contribution < -0.4 is 22.1 Å². The minimum Gasteiger partial charge on any atom is -0.398 e. The molecule has 0 saturated carbocycles. The monoisotopic (exact) mass is 596 g/mol. The second-order valence-electron chi connectivity index (χ2n) is 11.6. The van der Waals surface area contributed by atoms with Gasteiger partial charge in [0.15, 0.2) is 0 Å². The number of unbranched alkanes of at least 4 members (excludes halogenated alkanes) is 2. The van der Waals surface area contributed by atoms with Gasteiger partial charge in [-0.2, -0.15) is 0 Å². The Labute approximate surface area is 264 Å². The van der Waals surface area contributed by atoms with E-state index in [1.807, 2.05) is 42.5 Å². The summed E-state index contributed by atoms with van der Waals surface area (Å²) in [5, 5.41) is 15.4. The fraction of sp³-hybridized carbons (Fsp3) is 0.389. The number of anilines is 2. The molecule has 0 atom stereocenters. The number of nitrogen functional groups attached to an aromatic ring is 2. The molecule has 0 bridgehead atoms. The van der Waals surface area contributed by atoms with Crippen molar-refractivity contribution in [2.45, 2.75) is 45.4 Å². The second-order valence-corrected chi connectivity index (χ2v) is 11.6. The van der Waals surface area contributed by atoms with Crippen LogP contribution in [0.2, 0.25) is 0 Å². The van der Waals surface area contributed by atoms with Crippen LogP contribution in [0.25, 0.3) is 11.8 Å². The van der Waals surface area contributed by atoms with Crippen LogP contribution in [0.4, 0.5) is 11.5 Å². The molecule has 1 aromatic carbocycles. The number of aromatic nitrogens is 1. The van der Waals surface area contributed by atoms with Crippen LogP contribution in [0.3, 0.4) is 0 Å². The van der Waals surface area contributed by atoms with Gasteiger partial charge in [-0.25, -0.2) is 4.98 Å². The van der Waals surface area contributed by atoms with Gasteiger partial charge in [-0.05, 0) is 90.0 Å². The number of likely N-dealkylation sites (tertiary alicyclic amines) is 1. The van der Waals surface area contributed by atoms with Crippen molar-refractivity contribution in [3.8, 4) is 0 Å². The molecular weight excluding hydrogens is 544 g/mol. The third-order valence-electron chi connectivity index (χ3n) is 7.82. The molecule has 2 aliphatic heterocycles. The van der Waals surface area contributed by atoms with Crippen LogP contribution in [0.15, 0.2) is 79.3 Å². The minimum absolute atomic E-state index is 0.236. The lowest BCUT2D eigenvalue weighted by molar-refractivity contribution is 0.277. The Bertz CT molecular complexity index is 1350. The summed E-state index contributed by atoms with van der Waals surface area (Å²) < 4.78 is 0. The van der Waals surface area contributed by atoms with Crippen LogP contribution >= 0.6 is 0 Å². The molecule has 236 valence electrons. The normalized spacial score (nSPS) is 15.1. The first-order valence-corrected chi connectivity index (χ1v) is 15.7. The molecule has 4 rings (SSSR count). The number of benzene rings is 1. The third kappa shape index (κ3) is 10.8. The van der Waals surface area contributed by atoms with Crippen molar-refractivity contribution in [3.05, 3.63) is 102 Å². The average molecular weight is 597 g/mol. The molecule has 0 unspecified atom stereocenters. The number of pyridine rings is 1. The van der Waals surface area contributed by atoms with Gasteiger partial charge in [-0.1, -0.05) is 61.6 Å². The van der Waals surface area contributed by atoms with Gasteiger partial charge in [-0.3, -0.25) is 5.41 Å². The van der Waals surface area contributed by atoms with Crippen LogP contribution in [0, 0.1) is 5.41 Å². The van der Waals surface area contributed by atoms with Crippen molar-refractivity contribution < 1.29 is 0 Å². The first kappa shape index (κ1) is 34.4. The number of piperidine rings is 1. The summed E-state index contributed by atoms with van der Waals surface area (Å²) in [6, 6.07) is 7.61. The van der Waals surface area contributed by atoms with Crippen molar-refractivity contribution in [3.63, 3.8) is 0 Å². The van der Waals surface area contributed by atoms with E-state index in [1.54, 1.807) is 6.20 Å². The number of hydrogen-bond donors (Lipinski definition) is 5. The summed E-state index contributed by atoms with van der Waals surface area (Å²) in [5.74, 6) is 1.16. The van der Waals surface area contributed by atoms with Crippen molar-refractivity contribution in [2.75, 3.05) is 58.3 Å². The molecule has 1 aromatic heterocycles. The van der Waals surface area contributed by atoms with Gasteiger partial charge in [0, 0.05) is 36.1 Å². The number of nitrogens with zero attached hydrogens (tertiary/aromatic N) is 3. The van der Waals surface area contributed by atoms with Gasteiger partial charge < -0.3 is 31.9 Å². The van der Waals surface area contributed by atoms with Gasteiger partial charge in [0.25, 0.3) is 0 Å². The lowest BCUT2D eigenvalue weighted by Gasteiger charge is -2.20. The molecule has 0 spiro atoms. The number of rotatable bonds is 13. The summed E-state index contributed by atoms with van der Waals surface area (Å²) in [6.45, 7) is 15.2. The fourth-order valence-electron chi connectivity index (χ4n) is 5.08. The molecule has 0 radical (unpaired) electrons. The van der Waals surface area contributed by atoms with Gasteiger partial charge >= 0.3 is 0 Å². The van der Waals surface area contributed by atoms with Crippen molar-refractivity contribution >= 4 is 29.0 Å². The molecular formula is C36H52N8. The molecule has 2 aromatic rings. The Morgan fingerprint density at radius 2 is 1.84 bits per heavy atom. The highest BCUT2D eigenvalue weighted by Gasteiger charge is 2.16. The highest BCUT2D eigenvalue weighted by atomic mass is 15.1. The van der Waals surface area contributed by atoms with Crippen molar-refractivity contribution in [1.29, 1.82) is 5.41 Å². The smallest absolute Gasteiger partial charge is 0.134 e. The van der Waals surface area contributed by atoms with E-state index in [1.165, 1.54) is 37.9 Å². The van der Waals surface area contributed by atoms with Crippen LogP contribution in [0.1, 0.15) is 67.7 Å². The standard InChI is InChI=1S/C30H39N7.C6H13N/c1-5-6-7-8-17-37(4)18-9-10-25-20-35-30(33)27(29(25)32)28(31)24-13-11-23(12-14-24)22(3)36-26-19-21(2)15-16-34-26;1-7-5-3-2-4-6-7/h5,9-15,19-20,31,34,36H,1,3,6-8,16-18H2,2,4H3,(H4,32,33,35);2-6H2,1H3/b10-9+,31-28?;. The summed E-state index contributed by atoms with van der Waals surface area (Å²) >= 11 is 0. The first-order chi connectivity index (χ1) is 21.2. The number of likely N-dealkylation sites (N-methyl/N-ethyl adjacent to an activating group) is 1. The van der Waals surface area contributed by atoms with E-state index < -0.39 is 0 Å². The Hall–Kier alpha value is -4.14. The number of allylic oxidation sites excluding steroid dienone is 3. The van der Waals surface area contributed by atoms with Gasteiger partial charge in [0.1, 0.15) is 11.6 Å². The SMILES string of the molecule is C=CCCCCN(C)C/C=C/c1cnc(N)c(C(=N)c2ccc(C(=C)NC3=CC(C)=CCN3)cc2)c1N.CN1CCCCC1. The van der Waals surface area contributed by atoms with Crippen LogP contribution in [-0.4, -0.2) is 67.3 Å². The van der Waals surface area contributed by atoms with E-state index in [-0.39, 0.29) is 11.5 Å². The zero-order valence-corrected chi connectivity index (χ0v) is 27.0. The molecule has 8 nitrogen and oxygen atoms in total. The average Bonchev–Trinajstić information content (AvgIpc) is 3.01. The maximum Gasteiger partial charge on any atom is 0.134 e. The highest BCUT2D eigenvalue weighted by Crippen LogP contribution is 2.26. The molecule has 8 heteroatoms. The lowest BCUT2D eigenvalue weighted by atomic mass is 9.98. The van der Waals surface area contributed by atoms with Gasteiger partial charge in [0.2, 0.25) is 0 Å². The number of hydrogen-bond acceptors (Lipinski definition) is 8. The Morgan fingerprint density at radius 1 is 1.14 bits per heavy atom. The topological polar surface area (TPSA) is 119 Å². The van der Waals surface area contributed by atoms with Crippen LogP contribution in [0.5, 0.6) is 0 Å². The molecule has 1 fully saturated rings. The maximum absolute atomic E-state index is 8.81. The van der Waals surface area contributed by atoms with E-state index in [4.69, 9.17) is 16.9 Å². The molecule has 7 N–H and O–H groups in total. The minimum atomic E-state index is 0.236. The number of nitrogens with two attached hydrogens (primary N) is 2. The Morgan fingerprint density at radius 3 is 2.48 bits per heavy atom. The quantitative estimate of drug-likeness (QED) is 0.109. The highest BCUT2D eigenvalue weighted by molar-refractivity contribution is 6.17. The van der Waals surface area contributed by atoms with E-state index in [2.05, 4.69) is 71.7 Å². The van der Waals surface area contributed by atoms with Gasteiger partial charge in [0.05, 0.1) is 17.0 Å². The lowest BCUT2D eigenvalue weighted by Crippen LogP contribution is -2.27. The summed E-state index contributed by atoms with van der Waals surface area (Å²) in [7, 11) is 4.29. The molecule has 0 aliphatic carbocycles. The molecule has 1 saturated heterocycles. The maximum atomic E-state index is 8.81. The van der Waals surface area contributed by atoms with E-state index in [9.17, 15) is 0 Å². The Balaban J connectivity index is 0.000000662. The predicted molar refractivity (Wildman–Crippen MR) is 189 cm³/mol. The van der Waals surface area contributed by atoms with Gasteiger partial charge in [-0.15, -0.1) is 6.58 Å². The predicted octanol–water partition coefficient (Wildman–Crippen LogP) is 6.02. The molecule has 3 heterocycles. The molecule has 0 amide bonds. The zero-order chi connectivity index (χ0) is 31.9. The summed E-state index contributed by atoms with van der Waals surface area (Å²) in [4.78, 5) is 8.96. The first-order valence-electron chi connectivity index (χ1n) is 15.7. The van der Waals surface area contributed by atoms with E-state index >= 15 is 0 Å². The Kier molecular flexibility index (Phi) is 13.9. The van der Waals surface area contributed by atoms with Crippen LogP contribution in [-0.2, 0) is 0 Å². The van der Waals surface area contributed by atoms with Crippen molar-refractivity contribution in [1.82, 2.24) is 25.4 Å². The molecule has 44 heavy (non-hydrogen) atoms. The molecule has 2 aliphatic rings.